The SMILES string of the molecule is N#Cc1ccc(Cn2cc(Br)c(N)n2)c(F)c1. The summed E-state index contributed by atoms with van der Waals surface area (Å²) in [5.41, 5.74) is 6.32. The van der Waals surface area contributed by atoms with E-state index >= 15 is 0 Å². The average Bonchev–Trinajstić information content (AvgIpc) is 2.61. The van der Waals surface area contributed by atoms with Crippen LogP contribution in [0.5, 0.6) is 0 Å². The van der Waals surface area contributed by atoms with Gasteiger partial charge >= 0.3 is 0 Å². The first-order valence-corrected chi connectivity index (χ1v) is 5.56. The van der Waals surface area contributed by atoms with Gasteiger partial charge in [-0.3, -0.25) is 4.68 Å². The van der Waals surface area contributed by atoms with E-state index in [4.69, 9.17) is 11.0 Å². The highest BCUT2D eigenvalue weighted by Crippen LogP contribution is 2.18. The zero-order chi connectivity index (χ0) is 12.4. The Bertz CT molecular complexity index is 581. The van der Waals surface area contributed by atoms with Crippen molar-refractivity contribution in [3.63, 3.8) is 0 Å². The van der Waals surface area contributed by atoms with E-state index in [0.29, 0.717) is 21.4 Å². The molecule has 2 N–H and O–H groups in total. The van der Waals surface area contributed by atoms with Crippen molar-refractivity contribution in [3.8, 4) is 6.07 Å². The fourth-order valence-electron chi connectivity index (χ4n) is 1.41. The molecule has 0 fully saturated rings. The van der Waals surface area contributed by atoms with E-state index in [1.54, 1.807) is 18.3 Å². The van der Waals surface area contributed by atoms with Crippen molar-refractivity contribution < 1.29 is 4.39 Å². The van der Waals surface area contributed by atoms with Crippen LogP contribution in [0.4, 0.5) is 10.2 Å². The molecule has 17 heavy (non-hydrogen) atoms. The second kappa shape index (κ2) is 4.55. The molecule has 0 aliphatic carbocycles. The van der Waals surface area contributed by atoms with Crippen molar-refractivity contribution in [1.29, 1.82) is 5.26 Å². The topological polar surface area (TPSA) is 67.6 Å². The molecule has 0 atom stereocenters. The highest BCUT2D eigenvalue weighted by atomic mass is 79.9. The number of hydrogen-bond acceptors (Lipinski definition) is 3. The number of nitriles is 1. The quantitative estimate of drug-likeness (QED) is 0.924. The van der Waals surface area contributed by atoms with Crippen molar-refractivity contribution in [3.05, 3.63) is 45.8 Å². The Balaban J connectivity index is 2.28. The molecule has 86 valence electrons. The summed E-state index contributed by atoms with van der Waals surface area (Å²) < 4.78 is 15.8. The third-order valence-corrected chi connectivity index (χ3v) is 2.87. The first-order valence-electron chi connectivity index (χ1n) is 4.77. The smallest absolute Gasteiger partial charge is 0.159 e. The van der Waals surface area contributed by atoms with E-state index in [0.717, 1.165) is 0 Å². The van der Waals surface area contributed by atoms with Crippen molar-refractivity contribution in [1.82, 2.24) is 9.78 Å². The van der Waals surface area contributed by atoms with E-state index in [1.807, 2.05) is 6.07 Å². The molecule has 1 aromatic carbocycles. The number of anilines is 1. The summed E-state index contributed by atoms with van der Waals surface area (Å²) in [7, 11) is 0. The van der Waals surface area contributed by atoms with Gasteiger partial charge in [-0.25, -0.2) is 4.39 Å². The summed E-state index contributed by atoms with van der Waals surface area (Å²) in [6.45, 7) is 0.271. The highest BCUT2D eigenvalue weighted by Gasteiger charge is 2.07. The molecule has 0 amide bonds. The van der Waals surface area contributed by atoms with Gasteiger partial charge in [0.05, 0.1) is 22.7 Å². The maximum absolute atomic E-state index is 13.6. The van der Waals surface area contributed by atoms with Gasteiger partial charge in [0.25, 0.3) is 0 Å². The second-order valence-electron chi connectivity index (χ2n) is 3.48. The molecular formula is C11H8BrFN4. The molecule has 0 radical (unpaired) electrons. The maximum Gasteiger partial charge on any atom is 0.159 e. The van der Waals surface area contributed by atoms with Gasteiger partial charge in [0.1, 0.15) is 5.82 Å². The van der Waals surface area contributed by atoms with Crippen molar-refractivity contribution in [2.45, 2.75) is 6.54 Å². The Morgan fingerprint density at radius 2 is 2.29 bits per heavy atom. The van der Waals surface area contributed by atoms with Crippen molar-refractivity contribution >= 4 is 21.7 Å². The van der Waals surface area contributed by atoms with Gasteiger partial charge in [-0.2, -0.15) is 10.4 Å². The lowest BCUT2D eigenvalue weighted by atomic mass is 10.1. The molecule has 0 spiro atoms. The first kappa shape index (κ1) is 11.6. The lowest BCUT2D eigenvalue weighted by molar-refractivity contribution is 0.585. The number of aromatic nitrogens is 2. The van der Waals surface area contributed by atoms with Crippen LogP contribution in [-0.2, 0) is 6.54 Å². The molecule has 2 rings (SSSR count). The molecule has 0 unspecified atom stereocenters. The molecule has 6 heteroatoms. The number of benzene rings is 1. The third kappa shape index (κ3) is 2.45. The Morgan fingerprint density at radius 3 is 2.82 bits per heavy atom. The first-order chi connectivity index (χ1) is 8.10. The molecule has 0 aliphatic heterocycles. The number of nitrogens with zero attached hydrogens (tertiary/aromatic N) is 3. The largest absolute Gasteiger partial charge is 0.381 e. The average molecular weight is 295 g/mol. The Hall–Kier alpha value is -1.87. The van der Waals surface area contributed by atoms with Gasteiger partial charge in [0, 0.05) is 11.8 Å². The fourth-order valence-corrected chi connectivity index (χ4v) is 1.73. The standard InChI is InChI=1S/C11H8BrFN4/c12-9-6-17(16-11(9)15)5-8-2-1-7(4-14)3-10(8)13/h1-3,6H,5H2,(H2,15,16). The van der Waals surface area contributed by atoms with Crippen molar-refractivity contribution in [2.24, 2.45) is 0 Å². The number of rotatable bonds is 2. The van der Waals surface area contributed by atoms with E-state index in [9.17, 15) is 4.39 Å². The maximum atomic E-state index is 13.6. The lowest BCUT2D eigenvalue weighted by Gasteiger charge is -2.03. The number of hydrogen-bond donors (Lipinski definition) is 1. The van der Waals surface area contributed by atoms with E-state index in [-0.39, 0.29) is 6.54 Å². The molecule has 0 saturated carbocycles. The monoisotopic (exact) mass is 294 g/mol. The van der Waals surface area contributed by atoms with Crippen LogP contribution in [0.1, 0.15) is 11.1 Å². The van der Waals surface area contributed by atoms with Crippen LogP contribution in [0.3, 0.4) is 0 Å². The molecule has 0 saturated heterocycles. The summed E-state index contributed by atoms with van der Waals surface area (Å²) in [6, 6.07) is 6.23. The predicted molar refractivity (Wildman–Crippen MR) is 64.6 cm³/mol. The fraction of sp³-hybridized carbons (Fsp3) is 0.0909. The molecule has 1 aromatic heterocycles. The number of halogens is 2. The number of nitrogens with two attached hydrogens (primary N) is 1. The minimum absolute atomic E-state index is 0.271. The van der Waals surface area contributed by atoms with Crippen LogP contribution < -0.4 is 5.73 Å². The lowest BCUT2D eigenvalue weighted by Crippen LogP contribution is -2.03. The number of nitrogen functional groups attached to an aromatic ring is 1. The molecular weight excluding hydrogens is 287 g/mol. The molecule has 1 heterocycles. The molecule has 4 nitrogen and oxygen atoms in total. The van der Waals surface area contributed by atoms with E-state index in [1.165, 1.54) is 10.7 Å². The molecule has 2 aromatic rings. The van der Waals surface area contributed by atoms with Crippen molar-refractivity contribution in [2.75, 3.05) is 5.73 Å². The Labute approximate surface area is 106 Å². The third-order valence-electron chi connectivity index (χ3n) is 2.26. The van der Waals surface area contributed by atoms with Crippen LogP contribution in [0.2, 0.25) is 0 Å². The second-order valence-corrected chi connectivity index (χ2v) is 4.33. The van der Waals surface area contributed by atoms with Gasteiger partial charge in [-0.05, 0) is 28.1 Å². The van der Waals surface area contributed by atoms with Gasteiger partial charge in [0.2, 0.25) is 0 Å². The van der Waals surface area contributed by atoms with Gasteiger partial charge in [-0.15, -0.1) is 0 Å². The van der Waals surface area contributed by atoms with Crippen LogP contribution >= 0.6 is 15.9 Å². The minimum Gasteiger partial charge on any atom is -0.381 e. The summed E-state index contributed by atoms with van der Waals surface area (Å²) in [5, 5.41) is 12.6. The van der Waals surface area contributed by atoms with E-state index in [2.05, 4.69) is 21.0 Å². The zero-order valence-corrected chi connectivity index (χ0v) is 10.3. The van der Waals surface area contributed by atoms with Gasteiger partial charge in [0.15, 0.2) is 5.82 Å². The zero-order valence-electron chi connectivity index (χ0n) is 8.69. The van der Waals surface area contributed by atoms with E-state index < -0.39 is 5.82 Å². The summed E-state index contributed by atoms with van der Waals surface area (Å²) in [6.07, 6.45) is 1.67. The van der Waals surface area contributed by atoms with Crippen LogP contribution in [0.25, 0.3) is 0 Å². The summed E-state index contributed by atoms with van der Waals surface area (Å²) in [4.78, 5) is 0. The summed E-state index contributed by atoms with van der Waals surface area (Å²) in [5.74, 6) is -0.0618. The molecule has 0 aliphatic rings. The van der Waals surface area contributed by atoms with Crippen LogP contribution in [0.15, 0.2) is 28.9 Å². The van der Waals surface area contributed by atoms with Crippen LogP contribution in [-0.4, -0.2) is 9.78 Å². The highest BCUT2D eigenvalue weighted by molar-refractivity contribution is 9.10. The van der Waals surface area contributed by atoms with Gasteiger partial charge in [-0.1, -0.05) is 6.07 Å². The Morgan fingerprint density at radius 1 is 1.53 bits per heavy atom. The predicted octanol–water partition coefficient (Wildman–Crippen LogP) is 2.29. The molecule has 0 bridgehead atoms. The Kier molecular flexibility index (Phi) is 3.11. The van der Waals surface area contributed by atoms with Gasteiger partial charge < -0.3 is 5.73 Å². The summed E-state index contributed by atoms with van der Waals surface area (Å²) >= 11 is 3.23. The van der Waals surface area contributed by atoms with Crippen LogP contribution in [0, 0.1) is 17.1 Å². The normalized spacial score (nSPS) is 10.2. The minimum atomic E-state index is -0.422.